The lowest BCUT2D eigenvalue weighted by atomic mass is 9.90. The van der Waals surface area contributed by atoms with Gasteiger partial charge in [-0.15, -0.1) is 0 Å². The van der Waals surface area contributed by atoms with Crippen molar-refractivity contribution in [1.29, 1.82) is 0 Å². The lowest BCUT2D eigenvalue weighted by Gasteiger charge is -2.32. The van der Waals surface area contributed by atoms with Crippen molar-refractivity contribution >= 4 is 17.5 Å². The highest BCUT2D eigenvalue weighted by atomic mass is 19.1. The fourth-order valence-corrected chi connectivity index (χ4v) is 3.81. The van der Waals surface area contributed by atoms with Crippen LogP contribution in [0.2, 0.25) is 0 Å². The zero-order chi connectivity index (χ0) is 21.4. The molecule has 0 saturated carbocycles. The molecule has 1 aromatic carbocycles. The zero-order valence-corrected chi connectivity index (χ0v) is 16.9. The van der Waals surface area contributed by atoms with Gasteiger partial charge in [-0.25, -0.2) is 9.07 Å². The monoisotopic (exact) mass is 410 g/mol. The third kappa shape index (κ3) is 3.47. The van der Waals surface area contributed by atoms with Gasteiger partial charge < -0.3 is 10.6 Å². The average molecular weight is 410 g/mol. The Morgan fingerprint density at radius 3 is 2.50 bits per heavy atom. The summed E-state index contributed by atoms with van der Waals surface area (Å²) in [6, 6.07) is 5.71. The maximum absolute atomic E-state index is 13.2. The number of aryl methyl sites for hydroxylation is 1. The van der Waals surface area contributed by atoms with Crippen molar-refractivity contribution in [2.75, 3.05) is 18.8 Å². The van der Waals surface area contributed by atoms with Gasteiger partial charge in [-0.2, -0.15) is 10.2 Å². The van der Waals surface area contributed by atoms with Gasteiger partial charge in [0.15, 0.2) is 5.78 Å². The van der Waals surface area contributed by atoms with Crippen LogP contribution in [-0.4, -0.2) is 49.2 Å². The summed E-state index contributed by atoms with van der Waals surface area (Å²) in [7, 11) is 1.79. The van der Waals surface area contributed by atoms with Crippen molar-refractivity contribution in [1.82, 2.24) is 24.5 Å². The van der Waals surface area contributed by atoms with E-state index in [4.69, 9.17) is 5.73 Å². The number of halogens is 1. The third-order valence-electron chi connectivity index (χ3n) is 5.69. The largest absolute Gasteiger partial charge is 0.383 e. The number of aromatic nitrogens is 4. The Labute approximate surface area is 173 Å². The Bertz CT molecular complexity index is 1100. The number of anilines is 1. The lowest BCUT2D eigenvalue weighted by Crippen LogP contribution is -2.42. The summed E-state index contributed by atoms with van der Waals surface area (Å²) in [6.45, 7) is 2.77. The molecule has 0 unspecified atom stereocenters. The van der Waals surface area contributed by atoms with Crippen LogP contribution in [0.25, 0.3) is 5.69 Å². The number of nitrogens with zero attached hydrogens (tertiary/aromatic N) is 5. The minimum Gasteiger partial charge on any atom is -0.383 e. The van der Waals surface area contributed by atoms with Crippen LogP contribution in [0.5, 0.6) is 0 Å². The number of nitrogen functional groups attached to an aromatic ring is 1. The molecule has 0 aliphatic carbocycles. The van der Waals surface area contributed by atoms with Gasteiger partial charge in [0, 0.05) is 31.7 Å². The van der Waals surface area contributed by atoms with Crippen molar-refractivity contribution in [2.24, 2.45) is 13.0 Å². The second-order valence-electron chi connectivity index (χ2n) is 7.55. The third-order valence-corrected chi connectivity index (χ3v) is 5.69. The Hall–Kier alpha value is -3.49. The maximum Gasteiger partial charge on any atom is 0.257 e. The second-order valence-corrected chi connectivity index (χ2v) is 7.55. The first-order valence-electron chi connectivity index (χ1n) is 9.78. The number of amides is 1. The first-order chi connectivity index (χ1) is 14.4. The molecule has 4 rings (SSSR count). The van der Waals surface area contributed by atoms with Crippen molar-refractivity contribution in [2.45, 2.75) is 19.8 Å². The Balaban J connectivity index is 1.53. The molecule has 2 N–H and O–H groups in total. The van der Waals surface area contributed by atoms with Crippen LogP contribution in [0.3, 0.4) is 0 Å². The van der Waals surface area contributed by atoms with E-state index in [9.17, 15) is 14.0 Å². The first-order valence-corrected chi connectivity index (χ1v) is 9.78. The van der Waals surface area contributed by atoms with Crippen LogP contribution < -0.4 is 5.73 Å². The predicted molar refractivity (Wildman–Crippen MR) is 109 cm³/mol. The molecule has 1 atom stereocenters. The molecule has 1 fully saturated rings. The number of carbonyl (C=O) groups is 2. The van der Waals surface area contributed by atoms with Gasteiger partial charge in [0.1, 0.15) is 11.6 Å². The second kappa shape index (κ2) is 7.74. The summed E-state index contributed by atoms with van der Waals surface area (Å²) >= 11 is 0. The normalized spacial score (nSPS) is 16.6. The average Bonchev–Trinajstić information content (AvgIpc) is 3.30. The van der Waals surface area contributed by atoms with Gasteiger partial charge in [0.2, 0.25) is 0 Å². The Morgan fingerprint density at radius 1 is 1.13 bits per heavy atom. The zero-order valence-electron chi connectivity index (χ0n) is 16.9. The van der Waals surface area contributed by atoms with Gasteiger partial charge in [-0.3, -0.25) is 14.3 Å². The molecule has 0 bridgehead atoms. The summed E-state index contributed by atoms with van der Waals surface area (Å²) in [5.41, 5.74) is 8.41. The summed E-state index contributed by atoms with van der Waals surface area (Å²) in [5.74, 6) is -0.767. The minimum absolute atomic E-state index is 0.118. The highest BCUT2D eigenvalue weighted by molar-refractivity contribution is 6.02. The van der Waals surface area contributed by atoms with Crippen LogP contribution >= 0.6 is 0 Å². The molecule has 0 radical (unpaired) electrons. The number of piperidine rings is 1. The number of rotatable bonds is 4. The predicted octanol–water partition coefficient (Wildman–Crippen LogP) is 2.37. The number of ketones is 1. The summed E-state index contributed by atoms with van der Waals surface area (Å²) in [4.78, 5) is 27.8. The van der Waals surface area contributed by atoms with Crippen molar-refractivity contribution in [3.8, 4) is 5.69 Å². The van der Waals surface area contributed by atoms with Crippen molar-refractivity contribution in [3.63, 3.8) is 0 Å². The number of hydrogen-bond acceptors (Lipinski definition) is 5. The topological polar surface area (TPSA) is 99.0 Å². The number of nitrogens with two attached hydrogens (primary N) is 1. The van der Waals surface area contributed by atoms with E-state index < -0.39 is 0 Å². The molecule has 3 aromatic rings. The first kappa shape index (κ1) is 19.8. The van der Waals surface area contributed by atoms with E-state index in [-0.39, 0.29) is 29.2 Å². The van der Waals surface area contributed by atoms with Gasteiger partial charge >= 0.3 is 0 Å². The van der Waals surface area contributed by atoms with Crippen LogP contribution in [0.1, 0.15) is 39.3 Å². The van der Waals surface area contributed by atoms with Crippen LogP contribution in [0.15, 0.2) is 36.7 Å². The van der Waals surface area contributed by atoms with Gasteiger partial charge in [-0.05, 0) is 44.0 Å². The number of benzene rings is 1. The molecule has 1 saturated heterocycles. The molecule has 3 heterocycles. The van der Waals surface area contributed by atoms with E-state index in [1.54, 1.807) is 35.0 Å². The van der Waals surface area contributed by atoms with Crippen molar-refractivity contribution < 1.29 is 14.0 Å². The Morgan fingerprint density at radius 2 is 1.83 bits per heavy atom. The van der Waals surface area contributed by atoms with Crippen LogP contribution in [-0.2, 0) is 7.05 Å². The molecule has 9 heteroatoms. The van der Waals surface area contributed by atoms with Gasteiger partial charge in [0.05, 0.1) is 29.2 Å². The molecule has 2 aromatic heterocycles. The lowest BCUT2D eigenvalue weighted by molar-refractivity contribution is 0.0636. The van der Waals surface area contributed by atoms with Crippen molar-refractivity contribution in [3.05, 3.63) is 59.3 Å². The number of Topliss-reactive ketones (excluding diaryl/α,β-unsaturated/α-hetero) is 1. The number of hydrogen-bond donors (Lipinski definition) is 1. The molecular formula is C21H23FN6O2. The van der Waals surface area contributed by atoms with E-state index >= 15 is 0 Å². The highest BCUT2D eigenvalue weighted by Crippen LogP contribution is 2.26. The Kier molecular flexibility index (Phi) is 5.11. The fourth-order valence-electron chi connectivity index (χ4n) is 3.81. The minimum atomic E-state index is -0.364. The molecule has 156 valence electrons. The maximum atomic E-state index is 13.2. The van der Waals surface area contributed by atoms with Crippen LogP contribution in [0.4, 0.5) is 10.2 Å². The fraction of sp³-hybridized carbons (Fsp3) is 0.333. The molecule has 1 aliphatic heterocycles. The van der Waals surface area contributed by atoms with Gasteiger partial charge in [0.25, 0.3) is 5.91 Å². The molecule has 0 spiro atoms. The van der Waals surface area contributed by atoms with E-state index in [0.717, 1.165) is 12.1 Å². The number of carbonyl (C=O) groups excluding carboxylic acids is 2. The van der Waals surface area contributed by atoms with Gasteiger partial charge in [-0.1, -0.05) is 0 Å². The summed E-state index contributed by atoms with van der Waals surface area (Å²) < 4.78 is 16.2. The molecule has 8 nitrogen and oxygen atoms in total. The standard InChI is InChI=1S/C21H23FN6O2/c1-13-17(10-24-26(13)2)21(30)27-9-3-4-14(12-27)19(29)18-11-25-28(20(18)23)16-7-5-15(22)6-8-16/h5-8,10-11,14H,3-4,9,12,23H2,1-2H3/t14-/m0/s1. The van der Waals surface area contributed by atoms with E-state index in [1.807, 2.05) is 6.92 Å². The van der Waals surface area contributed by atoms with E-state index in [0.29, 0.717) is 36.3 Å². The highest BCUT2D eigenvalue weighted by Gasteiger charge is 2.32. The summed E-state index contributed by atoms with van der Waals surface area (Å²) in [5, 5.41) is 8.34. The van der Waals surface area contributed by atoms with Crippen LogP contribution in [0, 0.1) is 18.7 Å². The summed E-state index contributed by atoms with van der Waals surface area (Å²) in [6.07, 6.45) is 4.41. The molecular weight excluding hydrogens is 387 g/mol. The molecule has 30 heavy (non-hydrogen) atoms. The molecule has 1 amide bonds. The molecule has 1 aliphatic rings. The smallest absolute Gasteiger partial charge is 0.257 e. The quantitative estimate of drug-likeness (QED) is 0.666. The SMILES string of the molecule is Cc1c(C(=O)N2CCC[C@H](C(=O)c3cnn(-c4ccc(F)cc4)c3N)C2)cnn1C. The van der Waals surface area contributed by atoms with E-state index in [2.05, 4.69) is 10.2 Å². The number of likely N-dealkylation sites (tertiary alicyclic amines) is 1. The van der Waals surface area contributed by atoms with E-state index in [1.165, 1.54) is 23.0 Å².